The summed E-state index contributed by atoms with van der Waals surface area (Å²) in [6.07, 6.45) is 9.14. The van der Waals surface area contributed by atoms with E-state index in [0.717, 1.165) is 69.4 Å². The molecule has 3 aliphatic rings. The Balaban J connectivity index is 1.32. The first-order valence-electron chi connectivity index (χ1n) is 16.1. The molecule has 3 atom stereocenters. The Kier molecular flexibility index (Phi) is 7.63. The van der Waals surface area contributed by atoms with Crippen LogP contribution in [0.4, 0.5) is 5.82 Å². The van der Waals surface area contributed by atoms with E-state index in [-0.39, 0.29) is 11.1 Å². The summed E-state index contributed by atoms with van der Waals surface area (Å²) in [6.45, 7) is 12.5. The summed E-state index contributed by atoms with van der Waals surface area (Å²) in [7, 11) is 7.31. The molecule has 2 aromatic carbocycles. The van der Waals surface area contributed by atoms with Gasteiger partial charge in [-0.25, -0.2) is 0 Å². The molecule has 7 rings (SSSR count). The first-order valence-corrected chi connectivity index (χ1v) is 16.7. The Bertz CT molecular complexity index is 1740. The number of benzene rings is 2. The molecule has 3 fully saturated rings. The molecule has 4 heterocycles. The van der Waals surface area contributed by atoms with Crippen LogP contribution in [0.2, 0.25) is 0 Å². The number of pyridine rings is 1. The van der Waals surface area contributed by atoms with Crippen molar-refractivity contribution in [1.82, 2.24) is 24.8 Å². The van der Waals surface area contributed by atoms with Crippen LogP contribution in [0.5, 0.6) is 6.01 Å². The Hall–Kier alpha value is -3.12. The number of hydrogen-bond donors (Lipinski definition) is 1. The van der Waals surface area contributed by atoms with Gasteiger partial charge in [-0.2, -0.15) is 9.97 Å². The number of likely N-dealkylation sites (N-methyl/N-ethyl adjacent to an activating group) is 1. The lowest BCUT2D eigenvalue weighted by atomic mass is 9.75. The maximum Gasteiger partial charge on any atom is 0.319 e. The third kappa shape index (κ3) is 4.98. The molecular formula is C36H45N6OP. The molecule has 2 saturated heterocycles. The molecule has 1 unspecified atom stereocenters. The lowest BCUT2D eigenvalue weighted by Crippen LogP contribution is -2.54. The van der Waals surface area contributed by atoms with E-state index in [1.807, 2.05) is 6.20 Å². The normalized spacial score (nSPS) is 22.8. The maximum absolute atomic E-state index is 6.58. The van der Waals surface area contributed by atoms with E-state index >= 15 is 0 Å². The van der Waals surface area contributed by atoms with E-state index in [1.165, 1.54) is 43.9 Å². The highest BCUT2D eigenvalue weighted by molar-refractivity contribution is 7.28. The monoisotopic (exact) mass is 608 g/mol. The van der Waals surface area contributed by atoms with E-state index in [9.17, 15) is 0 Å². The second-order valence-electron chi connectivity index (χ2n) is 13.8. The lowest BCUT2D eigenvalue weighted by molar-refractivity contribution is 0.0738. The zero-order valence-corrected chi connectivity index (χ0v) is 27.8. The van der Waals surface area contributed by atoms with Gasteiger partial charge >= 0.3 is 6.01 Å². The summed E-state index contributed by atoms with van der Waals surface area (Å²) < 4.78 is 6.58. The van der Waals surface area contributed by atoms with E-state index in [4.69, 9.17) is 19.7 Å². The minimum atomic E-state index is 0.0985. The molecule has 7 nitrogen and oxygen atoms in total. The van der Waals surface area contributed by atoms with Gasteiger partial charge in [0.1, 0.15) is 12.4 Å². The number of ether oxygens (including phenoxy) is 1. The molecule has 4 aromatic rings. The molecule has 0 spiro atoms. The molecule has 0 bridgehead atoms. The van der Waals surface area contributed by atoms with Crippen molar-refractivity contribution in [2.24, 2.45) is 5.92 Å². The van der Waals surface area contributed by atoms with Crippen molar-refractivity contribution in [3.05, 3.63) is 54.7 Å². The van der Waals surface area contributed by atoms with Crippen LogP contribution in [-0.4, -0.2) is 76.2 Å². The standard InChI is InChI=1S/C36H45N6OP/c1-23(2)26-12-6-10-25-11-7-13-27(29(25)26)30-32(44)31-28(19-37-30)33(38-21-35(41(4)5)14-8-15-35)40-34(39-31)43-22-36-16-9-17-42(36)20-24(3)18-36/h6-7,10-13,19,24H,1,8-9,14-18,20-22,44H2,2-5H3,(H,38,39,40)/t24-,36+/m1/s1. The second-order valence-corrected chi connectivity index (χ2v) is 14.4. The van der Waals surface area contributed by atoms with Crippen molar-refractivity contribution in [3.8, 4) is 17.3 Å². The second kappa shape index (κ2) is 11.3. The molecule has 44 heavy (non-hydrogen) atoms. The summed E-state index contributed by atoms with van der Waals surface area (Å²) in [6, 6.07) is 13.2. The molecular weight excluding hydrogens is 563 g/mol. The zero-order valence-electron chi connectivity index (χ0n) is 26.6. The minimum absolute atomic E-state index is 0.0985. The van der Waals surface area contributed by atoms with Gasteiger partial charge in [0.05, 0.1) is 22.1 Å². The number of rotatable bonds is 9. The number of fused-ring (bicyclic) bond motifs is 3. The van der Waals surface area contributed by atoms with Crippen molar-refractivity contribution in [3.63, 3.8) is 0 Å². The van der Waals surface area contributed by atoms with E-state index in [1.54, 1.807) is 0 Å². The van der Waals surface area contributed by atoms with Crippen LogP contribution in [-0.2, 0) is 0 Å². The van der Waals surface area contributed by atoms with E-state index in [0.29, 0.717) is 18.5 Å². The molecule has 2 aromatic heterocycles. The van der Waals surface area contributed by atoms with Gasteiger partial charge in [0.15, 0.2) is 0 Å². The Labute approximate surface area is 263 Å². The van der Waals surface area contributed by atoms with E-state index < -0.39 is 0 Å². The molecule has 0 amide bonds. The van der Waals surface area contributed by atoms with Gasteiger partial charge < -0.3 is 15.0 Å². The Morgan fingerprint density at radius 3 is 2.66 bits per heavy atom. The Morgan fingerprint density at radius 2 is 1.93 bits per heavy atom. The fourth-order valence-corrected chi connectivity index (χ4v) is 8.48. The van der Waals surface area contributed by atoms with Crippen LogP contribution in [0.3, 0.4) is 0 Å². The van der Waals surface area contributed by atoms with Crippen LogP contribution in [0.1, 0.15) is 57.9 Å². The van der Waals surface area contributed by atoms with Gasteiger partial charge in [-0.3, -0.25) is 9.88 Å². The average molecular weight is 609 g/mol. The predicted molar refractivity (Wildman–Crippen MR) is 186 cm³/mol. The largest absolute Gasteiger partial charge is 0.461 e. The number of nitrogens with one attached hydrogen (secondary N) is 1. The predicted octanol–water partition coefficient (Wildman–Crippen LogP) is 6.53. The zero-order chi connectivity index (χ0) is 30.6. The van der Waals surface area contributed by atoms with Crippen molar-refractivity contribution < 1.29 is 4.74 Å². The van der Waals surface area contributed by atoms with Gasteiger partial charge in [-0.15, -0.1) is 9.24 Å². The third-order valence-electron chi connectivity index (χ3n) is 10.7. The summed E-state index contributed by atoms with van der Waals surface area (Å²) in [5.41, 5.74) is 5.23. The molecule has 0 radical (unpaired) electrons. The van der Waals surface area contributed by atoms with E-state index in [2.05, 4.69) is 95.3 Å². The SMILES string of the molecule is C=C(C)c1cccc2cccc(-c3ncc4c(NCC5(N(C)C)CCC5)nc(OC[C@@]56CCCN5C[C@H](C)C6)nc4c3P)c12. The number of hydrogen-bond acceptors (Lipinski definition) is 7. The summed E-state index contributed by atoms with van der Waals surface area (Å²) in [4.78, 5) is 20.1. The third-order valence-corrected chi connectivity index (χ3v) is 11.2. The van der Waals surface area contributed by atoms with Gasteiger partial charge in [0, 0.05) is 35.7 Å². The first-order chi connectivity index (χ1) is 21.2. The molecule has 1 N–H and O–H groups in total. The fraction of sp³-hybridized carbons (Fsp3) is 0.472. The first kappa shape index (κ1) is 29.6. The van der Waals surface area contributed by atoms with Gasteiger partial charge in [-0.1, -0.05) is 55.5 Å². The van der Waals surface area contributed by atoms with Gasteiger partial charge in [0.25, 0.3) is 0 Å². The lowest BCUT2D eigenvalue weighted by Gasteiger charge is -2.47. The van der Waals surface area contributed by atoms with Crippen LogP contribution < -0.4 is 15.4 Å². The topological polar surface area (TPSA) is 66.4 Å². The number of allylic oxidation sites excluding steroid dienone is 1. The van der Waals surface area contributed by atoms with Crippen LogP contribution >= 0.6 is 9.24 Å². The smallest absolute Gasteiger partial charge is 0.319 e. The number of nitrogens with zero attached hydrogens (tertiary/aromatic N) is 5. The highest BCUT2D eigenvalue weighted by atomic mass is 31.0. The molecule has 1 aliphatic carbocycles. The van der Waals surface area contributed by atoms with Gasteiger partial charge in [0.2, 0.25) is 0 Å². The van der Waals surface area contributed by atoms with Crippen LogP contribution in [0.15, 0.2) is 49.2 Å². The quantitative estimate of drug-likeness (QED) is 0.217. The maximum atomic E-state index is 6.58. The van der Waals surface area contributed by atoms with Crippen LogP contribution in [0.25, 0.3) is 38.5 Å². The Morgan fingerprint density at radius 1 is 1.14 bits per heavy atom. The molecule has 230 valence electrons. The summed E-state index contributed by atoms with van der Waals surface area (Å²) >= 11 is 0. The fourth-order valence-electron chi connectivity index (χ4n) is 8.03. The minimum Gasteiger partial charge on any atom is -0.461 e. The molecule has 1 saturated carbocycles. The van der Waals surface area contributed by atoms with Crippen molar-refractivity contribution in [2.75, 3.05) is 45.7 Å². The molecule has 2 aliphatic heterocycles. The van der Waals surface area contributed by atoms with Crippen molar-refractivity contribution in [1.29, 1.82) is 0 Å². The summed E-state index contributed by atoms with van der Waals surface area (Å²) in [5.74, 6) is 1.48. The van der Waals surface area contributed by atoms with Crippen molar-refractivity contribution >= 4 is 47.6 Å². The summed E-state index contributed by atoms with van der Waals surface area (Å²) in [5, 5.41) is 7.92. The van der Waals surface area contributed by atoms with Crippen LogP contribution in [0, 0.1) is 5.92 Å². The highest BCUT2D eigenvalue weighted by Gasteiger charge is 2.48. The number of aromatic nitrogens is 3. The van der Waals surface area contributed by atoms with Crippen molar-refractivity contribution in [2.45, 2.75) is 63.5 Å². The number of anilines is 1. The average Bonchev–Trinajstić information content (AvgIpc) is 3.50. The van der Waals surface area contributed by atoms with Gasteiger partial charge in [-0.05, 0) is 88.3 Å². The highest BCUT2D eigenvalue weighted by Crippen LogP contribution is 2.42. The molecule has 8 heteroatoms.